The Morgan fingerprint density at radius 1 is 1.14 bits per heavy atom. The molecule has 1 aliphatic heterocycles. The van der Waals surface area contributed by atoms with E-state index in [0.717, 1.165) is 0 Å². The van der Waals surface area contributed by atoms with Gasteiger partial charge in [-0.05, 0) is 18.2 Å². The lowest BCUT2D eigenvalue weighted by molar-refractivity contribution is -0.148. The number of nitrogens with zero attached hydrogens (tertiary/aromatic N) is 2. The Bertz CT molecular complexity index is 596. The molecule has 1 aromatic rings. The maximum atomic E-state index is 12.4. The highest BCUT2D eigenvalue weighted by Crippen LogP contribution is 2.21. The molecule has 1 heterocycles. The van der Waals surface area contributed by atoms with Crippen LogP contribution in [0.15, 0.2) is 29.2 Å². The number of hydrogen-bond acceptors (Lipinski definition) is 4. The van der Waals surface area contributed by atoms with Gasteiger partial charge in [0, 0.05) is 31.9 Å². The Hall–Kier alpha value is -1.32. The van der Waals surface area contributed by atoms with Crippen LogP contribution < -0.4 is 5.73 Å². The first-order valence-corrected chi connectivity index (χ1v) is 7.77. The Labute approximate surface area is 121 Å². The zero-order chi connectivity index (χ0) is 15.7. The van der Waals surface area contributed by atoms with Crippen LogP contribution in [0.3, 0.4) is 0 Å². The van der Waals surface area contributed by atoms with Gasteiger partial charge in [-0.2, -0.15) is 17.5 Å². The molecule has 0 aromatic heterocycles. The van der Waals surface area contributed by atoms with Crippen LogP contribution in [0.2, 0.25) is 0 Å². The average molecular weight is 323 g/mol. The summed E-state index contributed by atoms with van der Waals surface area (Å²) in [6.45, 7) is -0.832. The summed E-state index contributed by atoms with van der Waals surface area (Å²) in [4.78, 5) is 1.26. The number of sulfonamides is 1. The Balaban J connectivity index is 2.05. The standard InChI is InChI=1S/C12H16F3N3O2S/c13-12(14,15)9-17-4-6-18(7-5-17)21(19,20)11-3-1-2-10(16)8-11/h1-3,8H,4-7,9,16H2. The van der Waals surface area contributed by atoms with Gasteiger partial charge in [-0.25, -0.2) is 8.42 Å². The molecule has 118 valence electrons. The highest BCUT2D eigenvalue weighted by atomic mass is 32.2. The fourth-order valence-corrected chi connectivity index (χ4v) is 3.68. The van der Waals surface area contributed by atoms with Crippen molar-refractivity contribution < 1.29 is 21.6 Å². The molecular formula is C12H16F3N3O2S. The van der Waals surface area contributed by atoms with Crippen LogP contribution in [0.1, 0.15) is 0 Å². The smallest absolute Gasteiger partial charge is 0.399 e. The molecule has 2 rings (SSSR count). The highest BCUT2D eigenvalue weighted by Gasteiger charge is 2.34. The third-order valence-corrected chi connectivity index (χ3v) is 5.12. The summed E-state index contributed by atoms with van der Waals surface area (Å²) in [5.41, 5.74) is 5.89. The van der Waals surface area contributed by atoms with E-state index in [1.165, 1.54) is 27.4 Å². The Morgan fingerprint density at radius 2 is 1.76 bits per heavy atom. The first-order chi connectivity index (χ1) is 9.68. The summed E-state index contributed by atoms with van der Waals surface area (Å²) >= 11 is 0. The molecule has 1 aliphatic rings. The Morgan fingerprint density at radius 3 is 2.29 bits per heavy atom. The topological polar surface area (TPSA) is 66.6 Å². The SMILES string of the molecule is Nc1cccc(S(=O)(=O)N2CCN(CC(F)(F)F)CC2)c1. The van der Waals surface area contributed by atoms with Gasteiger partial charge in [-0.1, -0.05) is 6.07 Å². The predicted octanol–water partition coefficient (Wildman–Crippen LogP) is 1.14. The van der Waals surface area contributed by atoms with Crippen molar-refractivity contribution in [2.24, 2.45) is 0 Å². The molecule has 0 amide bonds. The molecule has 0 atom stereocenters. The first-order valence-electron chi connectivity index (χ1n) is 6.33. The quantitative estimate of drug-likeness (QED) is 0.847. The molecule has 0 spiro atoms. The molecule has 0 saturated carbocycles. The summed E-state index contributed by atoms with van der Waals surface area (Å²) in [7, 11) is -3.71. The molecule has 1 saturated heterocycles. The lowest BCUT2D eigenvalue weighted by Crippen LogP contribution is -2.50. The van der Waals surface area contributed by atoms with Gasteiger partial charge in [0.15, 0.2) is 0 Å². The molecule has 0 radical (unpaired) electrons. The van der Waals surface area contributed by atoms with Crippen molar-refractivity contribution in [3.8, 4) is 0 Å². The lowest BCUT2D eigenvalue weighted by atomic mass is 10.3. The maximum Gasteiger partial charge on any atom is 0.401 e. The van der Waals surface area contributed by atoms with E-state index in [-0.39, 0.29) is 31.1 Å². The van der Waals surface area contributed by atoms with E-state index in [1.54, 1.807) is 6.07 Å². The zero-order valence-corrected chi connectivity index (χ0v) is 12.0. The second kappa shape index (κ2) is 5.82. The van der Waals surface area contributed by atoms with Gasteiger partial charge < -0.3 is 5.73 Å². The van der Waals surface area contributed by atoms with Crippen LogP contribution in [-0.4, -0.2) is 56.5 Å². The van der Waals surface area contributed by atoms with Crippen molar-refractivity contribution in [2.75, 3.05) is 38.5 Å². The van der Waals surface area contributed by atoms with Crippen LogP contribution in [0.4, 0.5) is 18.9 Å². The Kier molecular flexibility index (Phi) is 4.45. The zero-order valence-electron chi connectivity index (χ0n) is 11.2. The van der Waals surface area contributed by atoms with Gasteiger partial charge in [0.1, 0.15) is 0 Å². The number of piperazine rings is 1. The van der Waals surface area contributed by atoms with Crippen molar-refractivity contribution in [2.45, 2.75) is 11.1 Å². The second-order valence-corrected chi connectivity index (χ2v) is 6.81. The van der Waals surface area contributed by atoms with Crippen LogP contribution >= 0.6 is 0 Å². The van der Waals surface area contributed by atoms with Crippen LogP contribution in [0.25, 0.3) is 0 Å². The molecule has 2 N–H and O–H groups in total. The maximum absolute atomic E-state index is 12.4. The summed E-state index contributed by atoms with van der Waals surface area (Å²) in [5.74, 6) is 0. The molecule has 1 fully saturated rings. The van der Waals surface area contributed by atoms with Crippen LogP contribution in [0.5, 0.6) is 0 Å². The number of halogens is 3. The van der Waals surface area contributed by atoms with Gasteiger partial charge >= 0.3 is 6.18 Å². The largest absolute Gasteiger partial charge is 0.401 e. The fraction of sp³-hybridized carbons (Fsp3) is 0.500. The van der Waals surface area contributed by atoms with Crippen molar-refractivity contribution in [1.82, 2.24) is 9.21 Å². The lowest BCUT2D eigenvalue weighted by Gasteiger charge is -2.34. The van der Waals surface area contributed by atoms with E-state index in [4.69, 9.17) is 5.73 Å². The molecule has 1 aromatic carbocycles. The van der Waals surface area contributed by atoms with Gasteiger partial charge in [-0.15, -0.1) is 0 Å². The summed E-state index contributed by atoms with van der Waals surface area (Å²) in [5, 5.41) is 0. The molecule has 0 unspecified atom stereocenters. The third kappa shape index (κ3) is 4.08. The highest BCUT2D eigenvalue weighted by molar-refractivity contribution is 7.89. The van der Waals surface area contributed by atoms with Gasteiger partial charge in [-0.3, -0.25) is 4.90 Å². The predicted molar refractivity (Wildman–Crippen MR) is 72.1 cm³/mol. The number of nitrogens with two attached hydrogens (primary N) is 1. The molecular weight excluding hydrogens is 307 g/mol. The second-order valence-electron chi connectivity index (χ2n) is 4.87. The van der Waals surface area contributed by atoms with Crippen LogP contribution in [-0.2, 0) is 10.0 Å². The monoisotopic (exact) mass is 323 g/mol. The first kappa shape index (κ1) is 16.1. The van der Waals surface area contributed by atoms with Crippen molar-refractivity contribution in [3.05, 3.63) is 24.3 Å². The average Bonchev–Trinajstić information content (AvgIpc) is 2.37. The van der Waals surface area contributed by atoms with Crippen molar-refractivity contribution in [3.63, 3.8) is 0 Å². The van der Waals surface area contributed by atoms with E-state index < -0.39 is 22.7 Å². The number of alkyl halides is 3. The molecule has 0 aliphatic carbocycles. The van der Waals surface area contributed by atoms with E-state index in [0.29, 0.717) is 5.69 Å². The van der Waals surface area contributed by atoms with Gasteiger partial charge in [0.2, 0.25) is 10.0 Å². The molecule has 21 heavy (non-hydrogen) atoms. The fourth-order valence-electron chi connectivity index (χ4n) is 2.21. The number of anilines is 1. The number of hydrogen-bond donors (Lipinski definition) is 1. The number of rotatable bonds is 3. The van der Waals surface area contributed by atoms with E-state index in [1.807, 2.05) is 0 Å². The normalized spacial score (nSPS) is 18.8. The van der Waals surface area contributed by atoms with Crippen molar-refractivity contribution in [1.29, 1.82) is 0 Å². The summed E-state index contributed by atoms with van der Waals surface area (Å²) < 4.78 is 62.8. The summed E-state index contributed by atoms with van der Waals surface area (Å²) in [6.07, 6.45) is -4.27. The minimum absolute atomic E-state index is 0.0349. The minimum atomic E-state index is -4.27. The third-order valence-electron chi connectivity index (χ3n) is 3.23. The number of benzene rings is 1. The minimum Gasteiger partial charge on any atom is -0.399 e. The summed E-state index contributed by atoms with van der Waals surface area (Å²) in [6, 6.07) is 5.87. The molecule has 9 heteroatoms. The van der Waals surface area contributed by atoms with E-state index in [9.17, 15) is 21.6 Å². The number of nitrogen functional groups attached to an aromatic ring is 1. The van der Waals surface area contributed by atoms with Crippen LogP contribution in [0, 0.1) is 0 Å². The molecule has 5 nitrogen and oxygen atoms in total. The van der Waals surface area contributed by atoms with E-state index >= 15 is 0 Å². The van der Waals surface area contributed by atoms with Gasteiger partial charge in [0.25, 0.3) is 0 Å². The van der Waals surface area contributed by atoms with Crippen molar-refractivity contribution >= 4 is 15.7 Å². The van der Waals surface area contributed by atoms with E-state index in [2.05, 4.69) is 0 Å². The van der Waals surface area contributed by atoms with Gasteiger partial charge in [0.05, 0.1) is 11.4 Å². The molecule has 0 bridgehead atoms.